The number of anilines is 1. The number of guanidine groups is 1. The van der Waals surface area contributed by atoms with Gasteiger partial charge in [-0.15, -0.1) is 0 Å². The van der Waals surface area contributed by atoms with Crippen LogP contribution in [-0.4, -0.2) is 25.2 Å². The van der Waals surface area contributed by atoms with Gasteiger partial charge in [0.2, 0.25) is 0 Å². The summed E-state index contributed by atoms with van der Waals surface area (Å²) in [6.07, 6.45) is 2.01. The van der Waals surface area contributed by atoms with E-state index < -0.39 is 0 Å². The van der Waals surface area contributed by atoms with Gasteiger partial charge in [-0.05, 0) is 35.6 Å². The van der Waals surface area contributed by atoms with E-state index in [0.717, 1.165) is 30.0 Å². The van der Waals surface area contributed by atoms with Crippen LogP contribution >= 0.6 is 0 Å². The predicted molar refractivity (Wildman–Crippen MR) is 97.5 cm³/mol. The highest BCUT2D eigenvalue weighted by molar-refractivity contribution is 5.93. The van der Waals surface area contributed by atoms with Crippen LogP contribution in [0.1, 0.15) is 23.5 Å². The Bertz CT molecular complexity index is 849. The number of rotatable bonds is 2. The Morgan fingerprint density at radius 1 is 1.08 bits per heavy atom. The molecule has 3 aliphatic rings. The van der Waals surface area contributed by atoms with E-state index in [1.54, 1.807) is 0 Å². The molecule has 3 atom stereocenters. The van der Waals surface area contributed by atoms with Crippen molar-refractivity contribution in [3.63, 3.8) is 0 Å². The molecule has 1 saturated carbocycles. The number of aliphatic imine (C=N–C) groups is 1. The fraction of sp³-hybridized carbons (Fsp3) is 0.350. The first-order valence-corrected chi connectivity index (χ1v) is 8.87. The van der Waals surface area contributed by atoms with Gasteiger partial charge in [0.1, 0.15) is 0 Å². The van der Waals surface area contributed by atoms with Crippen LogP contribution < -0.4 is 20.5 Å². The SMILES string of the molecule is NC(=NC1C2Cc3ccccc3C21)Nc1ccc2c(c1)OCCCO2. The van der Waals surface area contributed by atoms with E-state index in [1.165, 1.54) is 11.1 Å². The molecular formula is C20H21N3O2. The fourth-order valence-corrected chi connectivity index (χ4v) is 4.08. The van der Waals surface area contributed by atoms with Crippen LogP contribution in [0.25, 0.3) is 0 Å². The quantitative estimate of drug-likeness (QED) is 0.654. The Labute approximate surface area is 146 Å². The van der Waals surface area contributed by atoms with Crippen molar-refractivity contribution in [1.82, 2.24) is 0 Å². The molecule has 0 bridgehead atoms. The van der Waals surface area contributed by atoms with Gasteiger partial charge >= 0.3 is 0 Å². The van der Waals surface area contributed by atoms with Crippen LogP contribution in [0.4, 0.5) is 5.69 Å². The number of nitrogens with zero attached hydrogens (tertiary/aromatic N) is 1. The molecule has 5 rings (SSSR count). The number of hydrogen-bond donors (Lipinski definition) is 2. The molecule has 3 N–H and O–H groups in total. The highest BCUT2D eigenvalue weighted by atomic mass is 16.5. The molecule has 2 aliphatic carbocycles. The zero-order chi connectivity index (χ0) is 16.8. The van der Waals surface area contributed by atoms with Gasteiger partial charge in [0.15, 0.2) is 17.5 Å². The van der Waals surface area contributed by atoms with Crippen molar-refractivity contribution < 1.29 is 9.47 Å². The normalized spacial score (nSPS) is 26.4. The van der Waals surface area contributed by atoms with Crippen LogP contribution in [-0.2, 0) is 6.42 Å². The molecule has 128 valence electrons. The summed E-state index contributed by atoms with van der Waals surface area (Å²) in [5, 5.41) is 3.19. The molecule has 0 radical (unpaired) electrons. The lowest BCUT2D eigenvalue weighted by atomic mass is 10.1. The Hall–Kier alpha value is -2.69. The third-order valence-electron chi connectivity index (χ3n) is 5.30. The number of fused-ring (bicyclic) bond motifs is 4. The van der Waals surface area contributed by atoms with Gasteiger partial charge in [0.25, 0.3) is 0 Å². The lowest BCUT2D eigenvalue weighted by Crippen LogP contribution is -2.23. The Morgan fingerprint density at radius 3 is 2.84 bits per heavy atom. The average Bonchev–Trinajstić information content (AvgIpc) is 3.21. The Balaban J connectivity index is 1.30. The number of nitrogens with two attached hydrogens (primary N) is 1. The first kappa shape index (κ1) is 14.6. The first-order chi connectivity index (χ1) is 12.3. The summed E-state index contributed by atoms with van der Waals surface area (Å²) >= 11 is 0. The molecule has 1 aliphatic heterocycles. The van der Waals surface area contributed by atoms with Crippen LogP contribution in [0.15, 0.2) is 47.5 Å². The Morgan fingerprint density at radius 2 is 1.92 bits per heavy atom. The fourth-order valence-electron chi connectivity index (χ4n) is 4.08. The Kier molecular flexibility index (Phi) is 3.33. The topological polar surface area (TPSA) is 68.9 Å². The molecule has 1 fully saturated rings. The van der Waals surface area contributed by atoms with Gasteiger partial charge in [-0.3, -0.25) is 0 Å². The molecule has 0 spiro atoms. The molecule has 25 heavy (non-hydrogen) atoms. The second-order valence-corrected chi connectivity index (χ2v) is 6.93. The maximum absolute atomic E-state index is 6.14. The molecule has 0 aromatic heterocycles. The van der Waals surface area contributed by atoms with Gasteiger partial charge in [-0.25, -0.2) is 4.99 Å². The zero-order valence-corrected chi connectivity index (χ0v) is 13.9. The summed E-state index contributed by atoms with van der Waals surface area (Å²) in [7, 11) is 0. The highest BCUT2D eigenvalue weighted by Crippen LogP contribution is 2.58. The van der Waals surface area contributed by atoms with Crippen molar-refractivity contribution in [2.24, 2.45) is 16.6 Å². The minimum atomic E-state index is 0.308. The molecule has 3 unspecified atom stereocenters. The minimum Gasteiger partial charge on any atom is -0.490 e. The van der Waals surface area contributed by atoms with E-state index in [0.29, 0.717) is 37.1 Å². The molecule has 0 amide bonds. The summed E-state index contributed by atoms with van der Waals surface area (Å²) in [6, 6.07) is 14.8. The third kappa shape index (κ3) is 2.60. The number of nitrogens with one attached hydrogen (secondary N) is 1. The molecule has 0 saturated heterocycles. The molecule has 1 heterocycles. The van der Waals surface area contributed by atoms with Crippen LogP contribution in [0.2, 0.25) is 0 Å². The van der Waals surface area contributed by atoms with Crippen molar-refractivity contribution >= 4 is 11.6 Å². The van der Waals surface area contributed by atoms with Crippen molar-refractivity contribution in [2.45, 2.75) is 24.8 Å². The molecule has 2 aromatic carbocycles. The summed E-state index contributed by atoms with van der Waals surface area (Å²) < 4.78 is 11.4. The first-order valence-electron chi connectivity index (χ1n) is 8.87. The maximum Gasteiger partial charge on any atom is 0.193 e. The number of ether oxygens (including phenoxy) is 2. The largest absolute Gasteiger partial charge is 0.490 e. The number of hydrogen-bond acceptors (Lipinski definition) is 3. The van der Waals surface area contributed by atoms with Gasteiger partial charge in [0, 0.05) is 24.1 Å². The molecule has 5 nitrogen and oxygen atoms in total. The number of benzene rings is 2. The van der Waals surface area contributed by atoms with E-state index in [9.17, 15) is 0 Å². The van der Waals surface area contributed by atoms with E-state index >= 15 is 0 Å². The highest BCUT2D eigenvalue weighted by Gasteiger charge is 2.55. The summed E-state index contributed by atoms with van der Waals surface area (Å²) in [4.78, 5) is 4.71. The zero-order valence-electron chi connectivity index (χ0n) is 13.9. The lowest BCUT2D eigenvalue weighted by Gasteiger charge is -2.11. The third-order valence-corrected chi connectivity index (χ3v) is 5.30. The second kappa shape index (κ2) is 5.69. The molecule has 5 heteroatoms. The summed E-state index contributed by atoms with van der Waals surface area (Å²) in [5.74, 6) is 3.16. The summed E-state index contributed by atoms with van der Waals surface area (Å²) in [5.41, 5.74) is 9.94. The van der Waals surface area contributed by atoms with Gasteiger partial charge < -0.3 is 20.5 Å². The van der Waals surface area contributed by atoms with Crippen molar-refractivity contribution in [3.8, 4) is 11.5 Å². The molecular weight excluding hydrogens is 314 g/mol. The van der Waals surface area contributed by atoms with Crippen molar-refractivity contribution in [2.75, 3.05) is 18.5 Å². The monoisotopic (exact) mass is 335 g/mol. The average molecular weight is 335 g/mol. The predicted octanol–water partition coefficient (Wildman–Crippen LogP) is 2.91. The molecule has 2 aromatic rings. The van der Waals surface area contributed by atoms with E-state index in [1.807, 2.05) is 18.2 Å². The van der Waals surface area contributed by atoms with Gasteiger partial charge in [-0.1, -0.05) is 24.3 Å². The smallest absolute Gasteiger partial charge is 0.193 e. The van der Waals surface area contributed by atoms with E-state index in [4.69, 9.17) is 20.2 Å². The minimum absolute atomic E-state index is 0.308. The second-order valence-electron chi connectivity index (χ2n) is 6.93. The maximum atomic E-state index is 6.14. The lowest BCUT2D eigenvalue weighted by molar-refractivity contribution is 0.297. The summed E-state index contributed by atoms with van der Waals surface area (Å²) in [6.45, 7) is 1.36. The van der Waals surface area contributed by atoms with E-state index in [-0.39, 0.29) is 0 Å². The van der Waals surface area contributed by atoms with Crippen LogP contribution in [0, 0.1) is 5.92 Å². The standard InChI is InChI=1S/C20H21N3O2/c21-20(22-13-6-7-16-17(11-13)25-9-3-8-24-16)23-19-15-10-12-4-1-2-5-14(12)18(15)19/h1-2,4-7,11,15,18-19H,3,8-10H2,(H3,21,22,23). The van der Waals surface area contributed by atoms with E-state index in [2.05, 4.69) is 29.6 Å². The van der Waals surface area contributed by atoms with Crippen LogP contribution in [0.5, 0.6) is 11.5 Å². The van der Waals surface area contributed by atoms with Crippen molar-refractivity contribution in [3.05, 3.63) is 53.6 Å². The van der Waals surface area contributed by atoms with Crippen LogP contribution in [0.3, 0.4) is 0 Å². The van der Waals surface area contributed by atoms with Crippen molar-refractivity contribution in [1.29, 1.82) is 0 Å². The van der Waals surface area contributed by atoms with Gasteiger partial charge in [0.05, 0.1) is 19.3 Å². The van der Waals surface area contributed by atoms with Gasteiger partial charge in [-0.2, -0.15) is 0 Å².